The van der Waals surface area contributed by atoms with E-state index >= 15 is 0 Å². The van der Waals surface area contributed by atoms with Gasteiger partial charge in [0.2, 0.25) is 5.89 Å². The lowest BCUT2D eigenvalue weighted by Gasteiger charge is -2.21. The SMILES string of the molecule is CCNC(=NCc1ncc(C(C)(C)C)o1)NCC1CCN(c2cc(Cl)ccc2C)C1. The molecule has 2 heterocycles. The minimum Gasteiger partial charge on any atom is -0.443 e. The molecule has 2 N–H and O–H groups in total. The predicted octanol–water partition coefficient (Wildman–Crippen LogP) is 4.52. The number of aryl methyl sites for hydroxylation is 1. The smallest absolute Gasteiger partial charge is 0.216 e. The van der Waals surface area contributed by atoms with Crippen molar-refractivity contribution < 1.29 is 4.42 Å². The van der Waals surface area contributed by atoms with E-state index in [4.69, 9.17) is 16.0 Å². The Morgan fingerprint density at radius 3 is 2.83 bits per heavy atom. The second-order valence-electron chi connectivity index (χ2n) is 8.98. The van der Waals surface area contributed by atoms with Crippen LogP contribution in [0.2, 0.25) is 5.02 Å². The highest BCUT2D eigenvalue weighted by molar-refractivity contribution is 6.30. The molecule has 164 valence electrons. The first-order valence-corrected chi connectivity index (χ1v) is 11.1. The van der Waals surface area contributed by atoms with Crippen LogP contribution in [0.15, 0.2) is 33.8 Å². The predicted molar refractivity (Wildman–Crippen MR) is 125 cm³/mol. The van der Waals surface area contributed by atoms with Gasteiger partial charge in [0.1, 0.15) is 12.3 Å². The van der Waals surface area contributed by atoms with E-state index in [2.05, 4.69) is 72.3 Å². The normalized spacial score (nSPS) is 17.5. The second-order valence-corrected chi connectivity index (χ2v) is 9.41. The summed E-state index contributed by atoms with van der Waals surface area (Å²) in [6.45, 7) is 14.7. The van der Waals surface area contributed by atoms with Gasteiger partial charge < -0.3 is 20.0 Å². The second kappa shape index (κ2) is 9.73. The van der Waals surface area contributed by atoms with E-state index in [-0.39, 0.29) is 5.41 Å². The third-order valence-corrected chi connectivity index (χ3v) is 5.60. The number of halogens is 1. The van der Waals surface area contributed by atoms with Crippen LogP contribution in [0.4, 0.5) is 5.69 Å². The summed E-state index contributed by atoms with van der Waals surface area (Å²) in [5.41, 5.74) is 2.46. The van der Waals surface area contributed by atoms with Crippen molar-refractivity contribution in [1.82, 2.24) is 15.6 Å². The van der Waals surface area contributed by atoms with Crippen LogP contribution in [-0.4, -0.2) is 37.1 Å². The molecule has 1 fully saturated rings. The number of aromatic nitrogens is 1. The van der Waals surface area contributed by atoms with Crippen molar-refractivity contribution in [2.45, 2.75) is 53.0 Å². The number of oxazole rings is 1. The number of rotatable bonds is 6. The standard InChI is InChI=1S/C23H34ClN5O/c1-6-25-22(28-14-21-26-13-20(30-21)23(3,4)5)27-12-17-9-10-29(15-17)19-11-18(24)8-7-16(19)2/h7-8,11,13,17H,6,9-10,12,14-15H2,1-5H3,(H2,25,27,28). The number of anilines is 1. The summed E-state index contributed by atoms with van der Waals surface area (Å²) >= 11 is 6.20. The molecule has 0 aliphatic carbocycles. The lowest BCUT2D eigenvalue weighted by molar-refractivity contribution is 0.383. The van der Waals surface area contributed by atoms with E-state index in [1.807, 2.05) is 6.07 Å². The Kier molecular flexibility index (Phi) is 7.29. The molecule has 1 aromatic carbocycles. The Hall–Kier alpha value is -2.21. The van der Waals surface area contributed by atoms with Crippen LogP contribution >= 0.6 is 11.6 Å². The fourth-order valence-corrected chi connectivity index (χ4v) is 3.77. The molecule has 0 amide bonds. The summed E-state index contributed by atoms with van der Waals surface area (Å²) in [6.07, 6.45) is 2.95. The van der Waals surface area contributed by atoms with Crippen molar-refractivity contribution in [1.29, 1.82) is 0 Å². The van der Waals surface area contributed by atoms with Crippen LogP contribution in [0, 0.1) is 12.8 Å². The van der Waals surface area contributed by atoms with Gasteiger partial charge in [0, 0.05) is 42.3 Å². The molecule has 3 rings (SSSR count). The highest BCUT2D eigenvalue weighted by Crippen LogP contribution is 2.29. The third-order valence-electron chi connectivity index (χ3n) is 5.37. The van der Waals surface area contributed by atoms with E-state index < -0.39 is 0 Å². The molecule has 30 heavy (non-hydrogen) atoms. The van der Waals surface area contributed by atoms with Crippen LogP contribution in [0.3, 0.4) is 0 Å². The first-order chi connectivity index (χ1) is 14.3. The van der Waals surface area contributed by atoms with E-state index in [9.17, 15) is 0 Å². The Bertz CT molecular complexity index is 871. The Morgan fingerprint density at radius 1 is 1.33 bits per heavy atom. The number of hydrogen-bond donors (Lipinski definition) is 2. The average Bonchev–Trinajstić information content (AvgIpc) is 3.35. The first-order valence-electron chi connectivity index (χ1n) is 10.7. The fraction of sp³-hybridized carbons (Fsp3) is 0.565. The third kappa shape index (κ3) is 5.91. The average molecular weight is 432 g/mol. The summed E-state index contributed by atoms with van der Waals surface area (Å²) < 4.78 is 5.85. The van der Waals surface area contributed by atoms with Crippen molar-refractivity contribution in [2.75, 3.05) is 31.1 Å². The highest BCUT2D eigenvalue weighted by atomic mass is 35.5. The number of nitrogens with zero attached hydrogens (tertiary/aromatic N) is 3. The van der Waals surface area contributed by atoms with Gasteiger partial charge in [0.25, 0.3) is 0 Å². The molecule has 7 heteroatoms. The summed E-state index contributed by atoms with van der Waals surface area (Å²) in [6, 6.07) is 6.11. The molecule has 0 spiro atoms. The Balaban J connectivity index is 1.55. The van der Waals surface area contributed by atoms with Crippen molar-refractivity contribution in [3.05, 3.63) is 46.6 Å². The summed E-state index contributed by atoms with van der Waals surface area (Å²) in [7, 11) is 0. The monoisotopic (exact) mass is 431 g/mol. The molecule has 6 nitrogen and oxygen atoms in total. The minimum atomic E-state index is -0.0482. The fourth-order valence-electron chi connectivity index (χ4n) is 3.60. The lowest BCUT2D eigenvalue weighted by atomic mass is 9.94. The molecule has 1 aromatic heterocycles. The summed E-state index contributed by atoms with van der Waals surface area (Å²) in [4.78, 5) is 11.4. The molecule has 1 aliphatic heterocycles. The molecular formula is C23H34ClN5O. The number of guanidine groups is 1. The maximum atomic E-state index is 6.20. The van der Waals surface area contributed by atoms with Crippen LogP contribution in [-0.2, 0) is 12.0 Å². The van der Waals surface area contributed by atoms with Gasteiger partial charge in [0.15, 0.2) is 5.96 Å². The number of hydrogen-bond acceptors (Lipinski definition) is 4. The lowest BCUT2D eigenvalue weighted by Crippen LogP contribution is -2.40. The van der Waals surface area contributed by atoms with Crippen LogP contribution in [0.1, 0.15) is 51.3 Å². The van der Waals surface area contributed by atoms with E-state index in [0.29, 0.717) is 18.4 Å². The van der Waals surface area contributed by atoms with Gasteiger partial charge in [-0.3, -0.25) is 0 Å². The summed E-state index contributed by atoms with van der Waals surface area (Å²) in [5.74, 6) is 2.88. The first kappa shape index (κ1) is 22.5. The molecular weight excluding hydrogens is 398 g/mol. The topological polar surface area (TPSA) is 65.7 Å². The number of nitrogens with one attached hydrogen (secondary N) is 2. The summed E-state index contributed by atoms with van der Waals surface area (Å²) in [5, 5.41) is 7.59. The van der Waals surface area contributed by atoms with Crippen molar-refractivity contribution in [3.63, 3.8) is 0 Å². The molecule has 0 radical (unpaired) electrons. The zero-order valence-electron chi connectivity index (χ0n) is 18.8. The molecule has 0 saturated carbocycles. The van der Waals surface area contributed by atoms with Gasteiger partial charge >= 0.3 is 0 Å². The quantitative estimate of drug-likeness (QED) is 0.520. The van der Waals surface area contributed by atoms with Gasteiger partial charge in [-0.15, -0.1) is 0 Å². The van der Waals surface area contributed by atoms with E-state index in [1.54, 1.807) is 6.20 Å². The van der Waals surface area contributed by atoms with Crippen molar-refractivity contribution >= 4 is 23.2 Å². The van der Waals surface area contributed by atoms with Gasteiger partial charge in [0.05, 0.1) is 6.20 Å². The van der Waals surface area contributed by atoms with E-state index in [0.717, 1.165) is 49.3 Å². The van der Waals surface area contributed by atoms with Gasteiger partial charge in [-0.1, -0.05) is 38.4 Å². The molecule has 2 aromatic rings. The van der Waals surface area contributed by atoms with Gasteiger partial charge in [-0.05, 0) is 43.9 Å². The molecule has 1 aliphatic rings. The number of benzene rings is 1. The Morgan fingerprint density at radius 2 is 2.13 bits per heavy atom. The highest BCUT2D eigenvalue weighted by Gasteiger charge is 2.24. The molecule has 1 unspecified atom stereocenters. The molecule has 1 atom stereocenters. The van der Waals surface area contributed by atoms with Gasteiger partial charge in [-0.25, -0.2) is 9.98 Å². The zero-order valence-corrected chi connectivity index (χ0v) is 19.5. The van der Waals surface area contributed by atoms with Crippen LogP contribution in [0.25, 0.3) is 0 Å². The number of aliphatic imine (C=N–C) groups is 1. The minimum absolute atomic E-state index is 0.0482. The maximum Gasteiger partial charge on any atom is 0.216 e. The largest absolute Gasteiger partial charge is 0.443 e. The Labute approximate surface area is 185 Å². The van der Waals surface area contributed by atoms with Crippen molar-refractivity contribution in [3.8, 4) is 0 Å². The van der Waals surface area contributed by atoms with Gasteiger partial charge in [-0.2, -0.15) is 0 Å². The van der Waals surface area contributed by atoms with Crippen LogP contribution in [0.5, 0.6) is 0 Å². The zero-order chi connectivity index (χ0) is 21.7. The van der Waals surface area contributed by atoms with Crippen LogP contribution < -0.4 is 15.5 Å². The van der Waals surface area contributed by atoms with Crippen molar-refractivity contribution in [2.24, 2.45) is 10.9 Å². The maximum absolute atomic E-state index is 6.20. The van der Waals surface area contributed by atoms with E-state index in [1.165, 1.54) is 11.3 Å². The molecule has 0 bridgehead atoms. The molecule has 1 saturated heterocycles.